The van der Waals surface area contributed by atoms with Crippen LogP contribution >= 0.6 is 0 Å². The predicted molar refractivity (Wildman–Crippen MR) is 38.2 cm³/mol. The highest BCUT2D eigenvalue weighted by molar-refractivity contribution is 6.01. The van der Waals surface area contributed by atoms with Gasteiger partial charge in [-0.1, -0.05) is 20.4 Å². The molecule has 0 aromatic rings. The monoisotopic (exact) mass is 141 g/mol. The summed E-state index contributed by atoms with van der Waals surface area (Å²) in [7, 11) is 0. The molecule has 10 heavy (non-hydrogen) atoms. The first-order valence-corrected chi connectivity index (χ1v) is 3.05. The molecule has 0 heterocycles. The lowest BCUT2D eigenvalue weighted by molar-refractivity contribution is -0.130. The van der Waals surface area contributed by atoms with E-state index in [4.69, 9.17) is 0 Å². The van der Waals surface area contributed by atoms with Gasteiger partial charge in [0.25, 0.3) is 0 Å². The van der Waals surface area contributed by atoms with Crippen LogP contribution in [0.25, 0.3) is 0 Å². The lowest BCUT2D eigenvalue weighted by Crippen LogP contribution is -2.32. The molecule has 0 unspecified atom stereocenters. The van der Waals surface area contributed by atoms with Crippen molar-refractivity contribution in [2.45, 2.75) is 13.8 Å². The van der Waals surface area contributed by atoms with Gasteiger partial charge < -0.3 is 0 Å². The van der Waals surface area contributed by atoms with Crippen LogP contribution in [0.5, 0.6) is 0 Å². The molecule has 2 amide bonds. The van der Waals surface area contributed by atoms with Gasteiger partial charge in [0.2, 0.25) is 11.8 Å². The summed E-state index contributed by atoms with van der Waals surface area (Å²) in [5.41, 5.74) is 0. The van der Waals surface area contributed by atoms with Gasteiger partial charge in [-0.25, -0.2) is 0 Å². The van der Waals surface area contributed by atoms with E-state index in [0.29, 0.717) is 0 Å². The van der Waals surface area contributed by atoms with Gasteiger partial charge in [-0.3, -0.25) is 14.9 Å². The third-order valence-electron chi connectivity index (χ3n) is 0.956. The quantitative estimate of drug-likeness (QED) is 0.568. The Morgan fingerprint density at radius 2 is 2.00 bits per heavy atom. The first kappa shape index (κ1) is 8.88. The number of carbonyl (C=O) groups excluding carboxylic acids is 2. The second-order valence-corrected chi connectivity index (χ2v) is 2.21. The van der Waals surface area contributed by atoms with E-state index in [0.717, 1.165) is 6.08 Å². The van der Waals surface area contributed by atoms with Gasteiger partial charge in [0, 0.05) is 5.92 Å². The summed E-state index contributed by atoms with van der Waals surface area (Å²) in [6.07, 6.45) is 1.07. The zero-order valence-corrected chi connectivity index (χ0v) is 6.18. The Balaban J connectivity index is 3.80. The summed E-state index contributed by atoms with van der Waals surface area (Å²) < 4.78 is 0. The zero-order valence-electron chi connectivity index (χ0n) is 6.18. The molecule has 0 saturated heterocycles. The normalized spacial score (nSPS) is 9.10. The molecule has 0 fully saturated rings. The summed E-state index contributed by atoms with van der Waals surface area (Å²) in [6, 6.07) is 0. The molecule has 0 radical (unpaired) electrons. The summed E-state index contributed by atoms with van der Waals surface area (Å²) >= 11 is 0. The maximum Gasteiger partial charge on any atom is 0.249 e. The van der Waals surface area contributed by atoms with Gasteiger partial charge in [-0.05, 0) is 6.08 Å². The number of carbonyl (C=O) groups is 2. The van der Waals surface area contributed by atoms with Crippen molar-refractivity contribution in [2.24, 2.45) is 5.92 Å². The molecule has 0 atom stereocenters. The second-order valence-electron chi connectivity index (χ2n) is 2.21. The standard InChI is InChI=1S/C7H11NO2/c1-4-6(9)8-7(10)5(2)3/h4-5H,1H2,2-3H3,(H,8,9,10). The first-order chi connectivity index (χ1) is 4.57. The van der Waals surface area contributed by atoms with Gasteiger partial charge in [0.15, 0.2) is 0 Å². The highest BCUT2D eigenvalue weighted by Gasteiger charge is 2.07. The summed E-state index contributed by atoms with van der Waals surface area (Å²) in [6.45, 7) is 6.64. The number of hydrogen-bond acceptors (Lipinski definition) is 2. The lowest BCUT2D eigenvalue weighted by atomic mass is 10.2. The van der Waals surface area contributed by atoms with Crippen molar-refractivity contribution < 1.29 is 9.59 Å². The van der Waals surface area contributed by atoms with E-state index >= 15 is 0 Å². The number of rotatable bonds is 2. The Morgan fingerprint density at radius 3 is 2.30 bits per heavy atom. The van der Waals surface area contributed by atoms with Crippen LogP contribution in [0, 0.1) is 5.92 Å². The minimum atomic E-state index is -0.446. The van der Waals surface area contributed by atoms with Crippen molar-refractivity contribution in [1.82, 2.24) is 5.32 Å². The highest BCUT2D eigenvalue weighted by atomic mass is 16.2. The molecule has 0 aromatic carbocycles. The molecule has 0 aliphatic rings. The molecule has 0 aliphatic heterocycles. The molecule has 0 saturated carbocycles. The molecular weight excluding hydrogens is 130 g/mol. The maximum atomic E-state index is 10.7. The van der Waals surface area contributed by atoms with Crippen molar-refractivity contribution in [3.63, 3.8) is 0 Å². The largest absolute Gasteiger partial charge is 0.293 e. The number of imide groups is 1. The average Bonchev–Trinajstić information content (AvgIpc) is 1.87. The van der Waals surface area contributed by atoms with E-state index in [1.807, 2.05) is 0 Å². The Labute approximate surface area is 60.1 Å². The van der Waals surface area contributed by atoms with E-state index in [1.54, 1.807) is 13.8 Å². The van der Waals surface area contributed by atoms with Crippen LogP contribution in [0.3, 0.4) is 0 Å². The third-order valence-corrected chi connectivity index (χ3v) is 0.956. The second kappa shape index (κ2) is 3.82. The molecule has 0 aromatic heterocycles. The van der Waals surface area contributed by atoms with Crippen LogP contribution in [0.2, 0.25) is 0 Å². The van der Waals surface area contributed by atoms with Gasteiger partial charge >= 0.3 is 0 Å². The van der Waals surface area contributed by atoms with Crippen molar-refractivity contribution in [1.29, 1.82) is 0 Å². The lowest BCUT2D eigenvalue weighted by Gasteiger charge is -2.02. The topological polar surface area (TPSA) is 46.2 Å². The van der Waals surface area contributed by atoms with Gasteiger partial charge in [-0.2, -0.15) is 0 Å². The Morgan fingerprint density at radius 1 is 1.50 bits per heavy atom. The molecular formula is C7H11NO2. The van der Waals surface area contributed by atoms with Crippen LogP contribution in [-0.4, -0.2) is 11.8 Å². The minimum Gasteiger partial charge on any atom is -0.293 e. The van der Waals surface area contributed by atoms with Gasteiger partial charge in [0.1, 0.15) is 0 Å². The first-order valence-electron chi connectivity index (χ1n) is 3.05. The van der Waals surface area contributed by atoms with Crippen LogP contribution in [0.1, 0.15) is 13.8 Å². The third kappa shape index (κ3) is 3.02. The molecule has 0 aliphatic carbocycles. The van der Waals surface area contributed by atoms with E-state index < -0.39 is 5.91 Å². The van der Waals surface area contributed by atoms with Crippen molar-refractivity contribution >= 4 is 11.8 Å². The average molecular weight is 141 g/mol. The molecule has 3 heteroatoms. The summed E-state index contributed by atoms with van der Waals surface area (Å²) in [5, 5.41) is 2.13. The Bertz CT molecular complexity index is 161. The SMILES string of the molecule is C=CC(=O)NC(=O)C(C)C. The van der Waals surface area contributed by atoms with Crippen LogP contribution in [0.15, 0.2) is 12.7 Å². The van der Waals surface area contributed by atoms with Gasteiger partial charge in [0.05, 0.1) is 0 Å². The van der Waals surface area contributed by atoms with E-state index in [1.165, 1.54) is 0 Å². The summed E-state index contributed by atoms with van der Waals surface area (Å²) in [4.78, 5) is 21.2. The van der Waals surface area contributed by atoms with Crippen LogP contribution in [0.4, 0.5) is 0 Å². The van der Waals surface area contributed by atoms with E-state index in [9.17, 15) is 9.59 Å². The Hall–Kier alpha value is -1.12. The van der Waals surface area contributed by atoms with Crippen LogP contribution < -0.4 is 5.32 Å². The Kier molecular flexibility index (Phi) is 3.39. The van der Waals surface area contributed by atoms with Crippen molar-refractivity contribution in [2.75, 3.05) is 0 Å². The van der Waals surface area contributed by atoms with E-state index in [2.05, 4.69) is 11.9 Å². The highest BCUT2D eigenvalue weighted by Crippen LogP contribution is 1.89. The van der Waals surface area contributed by atoms with Crippen molar-refractivity contribution in [3.05, 3.63) is 12.7 Å². The predicted octanol–water partition coefficient (Wildman–Crippen LogP) is 0.471. The molecule has 0 rings (SSSR count). The van der Waals surface area contributed by atoms with Crippen LogP contribution in [-0.2, 0) is 9.59 Å². The van der Waals surface area contributed by atoms with E-state index in [-0.39, 0.29) is 11.8 Å². The number of nitrogens with one attached hydrogen (secondary N) is 1. The van der Waals surface area contributed by atoms with Crippen molar-refractivity contribution in [3.8, 4) is 0 Å². The molecule has 3 nitrogen and oxygen atoms in total. The number of amides is 2. The van der Waals surface area contributed by atoms with Gasteiger partial charge in [-0.15, -0.1) is 0 Å². The smallest absolute Gasteiger partial charge is 0.249 e. The molecule has 0 spiro atoms. The maximum absolute atomic E-state index is 10.7. The molecule has 1 N–H and O–H groups in total. The fourth-order valence-electron chi connectivity index (χ4n) is 0.317. The fourth-order valence-corrected chi connectivity index (χ4v) is 0.317. The minimum absolute atomic E-state index is 0.163. The fraction of sp³-hybridized carbons (Fsp3) is 0.429. The number of hydrogen-bond donors (Lipinski definition) is 1. The zero-order chi connectivity index (χ0) is 8.15. The summed E-state index contributed by atoms with van der Waals surface area (Å²) in [5.74, 6) is -0.882. The molecule has 56 valence electrons. The molecule has 0 bridgehead atoms.